The number of hydrogen-bond donors (Lipinski definition) is 2. The van der Waals surface area contributed by atoms with Crippen LogP contribution < -0.4 is 5.73 Å². The molecule has 1 amide bonds. The molecule has 1 fully saturated rings. The molecule has 3 atom stereocenters. The highest BCUT2D eigenvalue weighted by atomic mass is 16.4. The summed E-state index contributed by atoms with van der Waals surface area (Å²) in [6.07, 6.45) is 1.03. The van der Waals surface area contributed by atoms with Crippen LogP contribution in [0, 0.1) is 11.3 Å². The summed E-state index contributed by atoms with van der Waals surface area (Å²) in [5.41, 5.74) is 5.70. The Morgan fingerprint density at radius 1 is 1.39 bits per heavy atom. The number of rotatable bonds is 2. The van der Waals surface area contributed by atoms with Crippen LogP contribution in [0.1, 0.15) is 40.5 Å². The number of piperidine rings is 1. The van der Waals surface area contributed by atoms with Gasteiger partial charge in [0.2, 0.25) is 5.91 Å². The summed E-state index contributed by atoms with van der Waals surface area (Å²) in [6.45, 7) is 8.18. The van der Waals surface area contributed by atoms with Crippen molar-refractivity contribution in [2.45, 2.75) is 52.6 Å². The van der Waals surface area contributed by atoms with Gasteiger partial charge in [0.25, 0.3) is 0 Å². The molecule has 1 heterocycles. The van der Waals surface area contributed by atoms with E-state index >= 15 is 0 Å². The summed E-state index contributed by atoms with van der Waals surface area (Å²) in [6, 6.07) is -0.595. The molecule has 1 aliphatic heterocycles. The Morgan fingerprint density at radius 2 is 1.94 bits per heavy atom. The number of carboxylic acids is 1. The molecule has 2 unspecified atom stereocenters. The Hall–Kier alpha value is -1.10. The molecule has 0 aliphatic carbocycles. The molecule has 0 saturated carbocycles. The topological polar surface area (TPSA) is 83.6 Å². The molecule has 5 nitrogen and oxygen atoms in total. The van der Waals surface area contributed by atoms with Crippen LogP contribution in [0.2, 0.25) is 0 Å². The van der Waals surface area contributed by atoms with Crippen molar-refractivity contribution in [3.8, 4) is 0 Å². The van der Waals surface area contributed by atoms with Crippen LogP contribution in [-0.4, -0.2) is 40.5 Å². The Balaban J connectivity index is 2.70. The summed E-state index contributed by atoms with van der Waals surface area (Å²) in [5.74, 6) is -1.18. The van der Waals surface area contributed by atoms with E-state index in [1.807, 2.05) is 27.7 Å². The van der Waals surface area contributed by atoms with E-state index in [1.165, 1.54) is 0 Å². The smallest absolute Gasteiger partial charge is 0.306 e. The van der Waals surface area contributed by atoms with Crippen LogP contribution in [-0.2, 0) is 9.59 Å². The molecule has 3 N–H and O–H groups in total. The second-order valence-electron chi connectivity index (χ2n) is 6.28. The lowest BCUT2D eigenvalue weighted by atomic mass is 9.84. The average molecular weight is 256 g/mol. The number of nitrogens with two attached hydrogens (primary N) is 1. The minimum atomic E-state index is -0.769. The first kappa shape index (κ1) is 15.0. The van der Waals surface area contributed by atoms with E-state index in [9.17, 15) is 9.59 Å². The minimum Gasteiger partial charge on any atom is -0.481 e. The Labute approximate surface area is 108 Å². The number of carbonyl (C=O) groups excluding carboxylic acids is 1. The highest BCUT2D eigenvalue weighted by molar-refractivity contribution is 5.83. The van der Waals surface area contributed by atoms with Crippen LogP contribution in [0.5, 0.6) is 0 Å². The van der Waals surface area contributed by atoms with Crippen molar-refractivity contribution in [2.24, 2.45) is 17.1 Å². The van der Waals surface area contributed by atoms with Gasteiger partial charge in [-0.05, 0) is 25.2 Å². The standard InChI is InChI=1S/C13H24N2O3/c1-8-7-9(12(17)18)5-6-15(8)11(16)10(14)13(2,3)4/h8-10H,5-7,14H2,1-4H3,(H,17,18)/t8?,9?,10-/m0/s1. The molecule has 0 aromatic heterocycles. The summed E-state index contributed by atoms with van der Waals surface area (Å²) < 4.78 is 0. The maximum atomic E-state index is 12.3. The van der Waals surface area contributed by atoms with Gasteiger partial charge >= 0.3 is 5.97 Å². The van der Waals surface area contributed by atoms with E-state index in [4.69, 9.17) is 10.8 Å². The van der Waals surface area contributed by atoms with E-state index in [0.717, 1.165) is 0 Å². The first-order valence-corrected chi connectivity index (χ1v) is 6.43. The van der Waals surface area contributed by atoms with Crippen LogP contribution in [0.15, 0.2) is 0 Å². The van der Waals surface area contributed by atoms with Gasteiger partial charge in [0.05, 0.1) is 12.0 Å². The fourth-order valence-corrected chi connectivity index (χ4v) is 2.27. The van der Waals surface area contributed by atoms with E-state index in [2.05, 4.69) is 0 Å². The van der Waals surface area contributed by atoms with Crippen LogP contribution >= 0.6 is 0 Å². The second-order valence-corrected chi connectivity index (χ2v) is 6.28. The van der Waals surface area contributed by atoms with Crippen molar-refractivity contribution in [3.05, 3.63) is 0 Å². The molecule has 1 aliphatic rings. The lowest BCUT2D eigenvalue weighted by molar-refractivity contribution is -0.148. The summed E-state index contributed by atoms with van der Waals surface area (Å²) in [7, 11) is 0. The molecule has 0 radical (unpaired) electrons. The number of aliphatic carboxylic acids is 1. The highest BCUT2D eigenvalue weighted by Crippen LogP contribution is 2.26. The van der Waals surface area contributed by atoms with Crippen molar-refractivity contribution in [1.82, 2.24) is 4.90 Å². The third-order valence-corrected chi connectivity index (χ3v) is 3.71. The molecule has 0 aromatic rings. The number of carboxylic acid groups (broad SMARTS) is 1. The predicted octanol–water partition coefficient (Wildman–Crippen LogP) is 1.07. The molecule has 1 rings (SSSR count). The quantitative estimate of drug-likeness (QED) is 0.774. The number of likely N-dealkylation sites (tertiary alicyclic amines) is 1. The SMILES string of the molecule is CC1CC(C(=O)O)CCN1C(=O)[C@H](N)C(C)(C)C. The van der Waals surface area contributed by atoms with Crippen LogP contribution in [0.25, 0.3) is 0 Å². The molecule has 0 aromatic carbocycles. The molecule has 104 valence electrons. The zero-order chi connectivity index (χ0) is 14.1. The lowest BCUT2D eigenvalue weighted by Crippen LogP contribution is -2.55. The minimum absolute atomic E-state index is 0.0549. The van der Waals surface area contributed by atoms with Gasteiger partial charge in [-0.15, -0.1) is 0 Å². The van der Waals surface area contributed by atoms with Gasteiger partial charge in [-0.25, -0.2) is 0 Å². The first-order chi connectivity index (χ1) is 8.14. The maximum Gasteiger partial charge on any atom is 0.306 e. The predicted molar refractivity (Wildman–Crippen MR) is 69.0 cm³/mol. The summed E-state index contributed by atoms with van der Waals surface area (Å²) >= 11 is 0. The van der Waals surface area contributed by atoms with E-state index in [1.54, 1.807) is 4.90 Å². The van der Waals surface area contributed by atoms with E-state index in [0.29, 0.717) is 19.4 Å². The molecule has 1 saturated heterocycles. The van der Waals surface area contributed by atoms with E-state index < -0.39 is 12.0 Å². The monoisotopic (exact) mass is 256 g/mol. The third kappa shape index (κ3) is 3.22. The zero-order valence-corrected chi connectivity index (χ0v) is 11.6. The first-order valence-electron chi connectivity index (χ1n) is 6.43. The van der Waals surface area contributed by atoms with Gasteiger partial charge in [0.15, 0.2) is 0 Å². The van der Waals surface area contributed by atoms with Gasteiger partial charge in [-0.2, -0.15) is 0 Å². The number of hydrogen-bond acceptors (Lipinski definition) is 3. The van der Waals surface area contributed by atoms with Crippen molar-refractivity contribution < 1.29 is 14.7 Å². The van der Waals surface area contributed by atoms with Crippen LogP contribution in [0.3, 0.4) is 0 Å². The Morgan fingerprint density at radius 3 is 2.33 bits per heavy atom. The van der Waals surface area contributed by atoms with Gasteiger partial charge in [0, 0.05) is 12.6 Å². The van der Waals surface area contributed by atoms with Gasteiger partial charge in [0.1, 0.15) is 0 Å². The normalized spacial score (nSPS) is 26.8. The maximum absolute atomic E-state index is 12.3. The van der Waals surface area contributed by atoms with Crippen LogP contribution in [0.4, 0.5) is 0 Å². The molecular weight excluding hydrogens is 232 g/mol. The van der Waals surface area contributed by atoms with Gasteiger partial charge in [-0.3, -0.25) is 9.59 Å². The largest absolute Gasteiger partial charge is 0.481 e. The van der Waals surface area contributed by atoms with E-state index in [-0.39, 0.29) is 23.3 Å². The Bertz CT molecular complexity index is 336. The fraction of sp³-hybridized carbons (Fsp3) is 0.846. The summed E-state index contributed by atoms with van der Waals surface area (Å²) in [4.78, 5) is 25.0. The van der Waals surface area contributed by atoms with Gasteiger partial charge < -0.3 is 15.7 Å². The number of carbonyl (C=O) groups is 2. The van der Waals surface area contributed by atoms with Crippen molar-refractivity contribution in [3.63, 3.8) is 0 Å². The van der Waals surface area contributed by atoms with Crippen molar-refractivity contribution in [2.75, 3.05) is 6.54 Å². The highest BCUT2D eigenvalue weighted by Gasteiger charge is 2.37. The van der Waals surface area contributed by atoms with Gasteiger partial charge in [-0.1, -0.05) is 20.8 Å². The lowest BCUT2D eigenvalue weighted by Gasteiger charge is -2.40. The summed E-state index contributed by atoms with van der Waals surface area (Å²) in [5, 5.41) is 8.99. The number of nitrogens with zero attached hydrogens (tertiary/aromatic N) is 1. The van der Waals surface area contributed by atoms with Crippen molar-refractivity contribution in [1.29, 1.82) is 0 Å². The molecule has 0 bridgehead atoms. The fourth-order valence-electron chi connectivity index (χ4n) is 2.27. The Kier molecular flexibility index (Phi) is 4.37. The zero-order valence-electron chi connectivity index (χ0n) is 11.6. The molecule has 18 heavy (non-hydrogen) atoms. The average Bonchev–Trinajstić information content (AvgIpc) is 2.25. The molecular formula is C13H24N2O3. The molecule has 5 heteroatoms. The number of amides is 1. The van der Waals surface area contributed by atoms with Crippen molar-refractivity contribution >= 4 is 11.9 Å². The third-order valence-electron chi connectivity index (χ3n) is 3.71. The molecule has 0 spiro atoms. The second kappa shape index (κ2) is 5.26.